The summed E-state index contributed by atoms with van der Waals surface area (Å²) in [6, 6.07) is 4.45. The molecule has 3 aliphatic heterocycles. The topological polar surface area (TPSA) is 154 Å². The molecule has 1 saturated heterocycles. The van der Waals surface area contributed by atoms with Gasteiger partial charge in [-0.25, -0.2) is 13.2 Å². The second kappa shape index (κ2) is 13.9. The molecule has 4 bridgehead atoms. The number of rotatable bonds is 7. The van der Waals surface area contributed by atoms with Gasteiger partial charge in [0.2, 0.25) is 21.8 Å². The van der Waals surface area contributed by atoms with Crippen molar-refractivity contribution in [3.8, 4) is 0 Å². The van der Waals surface area contributed by atoms with Gasteiger partial charge in [0.15, 0.2) is 0 Å². The Labute approximate surface area is 289 Å². The quantitative estimate of drug-likeness (QED) is 0.367. The molecular formula is C36H49N5O7S. The Morgan fingerprint density at radius 1 is 1.14 bits per heavy atom. The monoisotopic (exact) mass is 695 g/mol. The largest absolute Gasteiger partial charge is 0.444 e. The van der Waals surface area contributed by atoms with Crippen LogP contribution in [0.1, 0.15) is 88.8 Å². The third-order valence-electron chi connectivity index (χ3n) is 10.6. The molecule has 49 heavy (non-hydrogen) atoms. The standard InChI is InChI=1S/C36H49N5O7S/c1-5-26-18-36(26,34(44)39-49(46,47)28-15-16-28)38-32(42)30-17-27-20-41(30)33(43)31(22(2)3)37-23(4)11-8-6-7-9-12-24-13-10-14-25-19-40(21-29(24)25)35(45)48-27/h5,9-10,12-14,22-23,26-28,30-31,37H,1,6-8,11,15-21H2,2-4H3,(H,38,42)(H,39,44)/t23?,26-,27-,30+,31+,36-/m1/s1. The molecule has 3 heterocycles. The third-order valence-corrected chi connectivity index (χ3v) is 12.4. The molecule has 1 aromatic carbocycles. The number of amides is 4. The van der Waals surface area contributed by atoms with Crippen LogP contribution < -0.4 is 15.4 Å². The highest BCUT2D eigenvalue weighted by molar-refractivity contribution is 7.91. The van der Waals surface area contributed by atoms with Crippen LogP contribution in [0, 0.1) is 11.8 Å². The van der Waals surface area contributed by atoms with E-state index in [0.29, 0.717) is 25.9 Å². The molecule has 3 N–H and O–H groups in total. The Bertz CT molecular complexity index is 1640. The lowest BCUT2D eigenvalue weighted by molar-refractivity contribution is -0.142. The first kappa shape index (κ1) is 35.1. The fourth-order valence-electron chi connectivity index (χ4n) is 7.38. The van der Waals surface area contributed by atoms with Crippen molar-refractivity contribution in [3.63, 3.8) is 0 Å². The van der Waals surface area contributed by atoms with Gasteiger partial charge in [-0.1, -0.05) is 56.7 Å². The van der Waals surface area contributed by atoms with Crippen LogP contribution in [0.4, 0.5) is 4.79 Å². The number of ether oxygens (including phenoxy) is 1. The minimum atomic E-state index is -3.85. The average Bonchev–Trinajstić information content (AvgIpc) is 3.95. The van der Waals surface area contributed by atoms with E-state index in [0.717, 1.165) is 42.4 Å². The van der Waals surface area contributed by atoms with Gasteiger partial charge in [-0.15, -0.1) is 6.58 Å². The Kier molecular flexibility index (Phi) is 9.96. The molecule has 3 fully saturated rings. The molecule has 2 saturated carbocycles. The first-order valence-electron chi connectivity index (χ1n) is 17.6. The van der Waals surface area contributed by atoms with E-state index in [1.165, 1.54) is 11.0 Å². The minimum Gasteiger partial charge on any atom is -0.444 e. The molecule has 13 heteroatoms. The summed E-state index contributed by atoms with van der Waals surface area (Å²) in [5.74, 6) is -2.27. The number of nitrogens with one attached hydrogen (secondary N) is 3. The van der Waals surface area contributed by atoms with Crippen LogP contribution in [-0.4, -0.2) is 83.6 Å². The maximum Gasteiger partial charge on any atom is 0.410 e. The zero-order chi connectivity index (χ0) is 35.1. The third kappa shape index (κ3) is 7.42. The molecule has 2 aliphatic carbocycles. The van der Waals surface area contributed by atoms with Crippen LogP contribution >= 0.6 is 0 Å². The summed E-state index contributed by atoms with van der Waals surface area (Å²) in [7, 11) is -3.85. The van der Waals surface area contributed by atoms with Crippen molar-refractivity contribution in [1.29, 1.82) is 0 Å². The van der Waals surface area contributed by atoms with Crippen LogP contribution in [0.15, 0.2) is 36.9 Å². The minimum absolute atomic E-state index is 0.0108. The highest BCUT2D eigenvalue weighted by Crippen LogP contribution is 2.45. The second-order valence-electron chi connectivity index (χ2n) is 14.7. The lowest BCUT2D eigenvalue weighted by atomic mass is 9.99. The Morgan fingerprint density at radius 2 is 1.92 bits per heavy atom. The van der Waals surface area contributed by atoms with E-state index in [9.17, 15) is 27.6 Å². The van der Waals surface area contributed by atoms with Crippen molar-refractivity contribution < 1.29 is 32.3 Å². The fourth-order valence-corrected chi connectivity index (χ4v) is 8.75. The van der Waals surface area contributed by atoms with Gasteiger partial charge >= 0.3 is 6.09 Å². The van der Waals surface area contributed by atoms with E-state index in [4.69, 9.17) is 4.74 Å². The van der Waals surface area contributed by atoms with E-state index >= 15 is 0 Å². The zero-order valence-corrected chi connectivity index (χ0v) is 29.5. The van der Waals surface area contributed by atoms with Crippen LogP contribution in [0.3, 0.4) is 0 Å². The molecule has 5 aliphatic rings. The van der Waals surface area contributed by atoms with Gasteiger partial charge in [0.25, 0.3) is 5.91 Å². The van der Waals surface area contributed by atoms with E-state index in [2.05, 4.69) is 47.1 Å². The van der Waals surface area contributed by atoms with E-state index in [1.54, 1.807) is 4.90 Å². The van der Waals surface area contributed by atoms with Crippen LogP contribution in [0.2, 0.25) is 0 Å². The first-order valence-corrected chi connectivity index (χ1v) is 19.2. The summed E-state index contributed by atoms with van der Waals surface area (Å²) in [5, 5.41) is 5.70. The maximum absolute atomic E-state index is 14.3. The zero-order valence-electron chi connectivity index (χ0n) is 28.7. The Balaban J connectivity index is 1.25. The summed E-state index contributed by atoms with van der Waals surface area (Å²) in [4.78, 5) is 58.5. The number of hydrogen-bond donors (Lipinski definition) is 3. The molecule has 6 atom stereocenters. The molecule has 0 spiro atoms. The van der Waals surface area contributed by atoms with Crippen molar-refractivity contribution in [2.45, 2.75) is 120 Å². The van der Waals surface area contributed by atoms with Gasteiger partial charge in [-0.2, -0.15) is 0 Å². The Morgan fingerprint density at radius 3 is 2.61 bits per heavy atom. The number of hydrogen-bond acceptors (Lipinski definition) is 8. The van der Waals surface area contributed by atoms with Gasteiger partial charge in [-0.05, 0) is 68.1 Å². The van der Waals surface area contributed by atoms with Gasteiger partial charge in [0.1, 0.15) is 17.7 Å². The maximum atomic E-state index is 14.3. The van der Waals surface area contributed by atoms with Gasteiger partial charge in [0, 0.05) is 24.9 Å². The van der Waals surface area contributed by atoms with Crippen LogP contribution in [0.5, 0.6) is 0 Å². The van der Waals surface area contributed by atoms with Crippen molar-refractivity contribution in [1.82, 2.24) is 25.2 Å². The first-order chi connectivity index (χ1) is 23.3. The van der Waals surface area contributed by atoms with Crippen molar-refractivity contribution in [2.24, 2.45) is 11.8 Å². The SMILES string of the molecule is C=C[C@@H]1C[C@]1(NC(=O)[C@@H]1C[C@@H]2CN1C(=O)[C@H](C(C)C)NC(C)CCCCC=Cc1cccc3c1CN(C3)C(=O)O2)C(=O)NS(=O)(=O)C1CC1. The Hall–Kier alpha value is -3.71. The predicted molar refractivity (Wildman–Crippen MR) is 184 cm³/mol. The van der Waals surface area contributed by atoms with E-state index < -0.39 is 62.8 Å². The molecule has 1 unspecified atom stereocenters. The highest BCUT2D eigenvalue weighted by Gasteiger charge is 2.62. The lowest BCUT2D eigenvalue weighted by Crippen LogP contribution is -2.59. The second-order valence-corrected chi connectivity index (χ2v) is 16.7. The lowest BCUT2D eigenvalue weighted by Gasteiger charge is -2.33. The number of carbonyl (C=O) groups excluding carboxylic acids is 4. The molecule has 0 radical (unpaired) electrons. The van der Waals surface area contributed by atoms with E-state index in [1.807, 2.05) is 26.0 Å². The molecule has 0 aromatic heterocycles. The predicted octanol–water partition coefficient (Wildman–Crippen LogP) is 3.37. The van der Waals surface area contributed by atoms with Gasteiger partial charge in [-0.3, -0.25) is 24.0 Å². The summed E-state index contributed by atoms with van der Waals surface area (Å²) < 4.78 is 33.4. The van der Waals surface area contributed by atoms with Crippen molar-refractivity contribution in [3.05, 3.63) is 53.6 Å². The van der Waals surface area contributed by atoms with Crippen molar-refractivity contribution in [2.75, 3.05) is 6.54 Å². The highest BCUT2D eigenvalue weighted by atomic mass is 32.2. The van der Waals surface area contributed by atoms with Gasteiger partial charge < -0.3 is 20.3 Å². The number of sulfonamides is 1. The molecular weight excluding hydrogens is 646 g/mol. The molecule has 12 nitrogen and oxygen atoms in total. The van der Waals surface area contributed by atoms with Crippen molar-refractivity contribution >= 4 is 39.9 Å². The molecule has 1 aromatic rings. The summed E-state index contributed by atoms with van der Waals surface area (Å²) in [6.45, 7) is 10.5. The normalized spacial score (nSPS) is 30.7. The molecule has 6 rings (SSSR count). The number of allylic oxidation sites excluding steroid dienone is 1. The smallest absolute Gasteiger partial charge is 0.410 e. The summed E-state index contributed by atoms with van der Waals surface area (Å²) in [5.41, 5.74) is 1.73. The molecule has 4 amide bonds. The van der Waals surface area contributed by atoms with E-state index in [-0.39, 0.29) is 37.3 Å². The summed E-state index contributed by atoms with van der Waals surface area (Å²) in [6.07, 6.45) is 9.49. The number of nitrogens with zero attached hydrogens (tertiary/aromatic N) is 2. The number of carbonyl (C=O) groups is 4. The van der Waals surface area contributed by atoms with Crippen LogP contribution in [0.25, 0.3) is 6.08 Å². The summed E-state index contributed by atoms with van der Waals surface area (Å²) >= 11 is 0. The van der Waals surface area contributed by atoms with Crippen LogP contribution in [-0.2, 0) is 42.2 Å². The number of benzene rings is 1. The molecule has 266 valence electrons. The van der Waals surface area contributed by atoms with Gasteiger partial charge in [0.05, 0.1) is 24.4 Å². The number of fused-ring (bicyclic) bond motifs is 3. The fraction of sp³-hybridized carbons (Fsp3) is 0.611. The average molecular weight is 696 g/mol.